The zero-order valence-corrected chi connectivity index (χ0v) is 11.0. The molecule has 2 amide bonds. The van der Waals surface area contributed by atoms with Crippen molar-refractivity contribution in [3.63, 3.8) is 0 Å². The molecular weight excluding hydrogens is 256 g/mol. The Balaban J connectivity index is 2.50. The van der Waals surface area contributed by atoms with Crippen molar-refractivity contribution in [2.75, 3.05) is 11.9 Å². The summed E-state index contributed by atoms with van der Waals surface area (Å²) in [6.07, 6.45) is -0.627. The van der Waals surface area contributed by atoms with Crippen LogP contribution in [-0.2, 0) is 0 Å². The summed E-state index contributed by atoms with van der Waals surface area (Å²) < 4.78 is 0. The van der Waals surface area contributed by atoms with Gasteiger partial charge in [0, 0.05) is 6.54 Å². The van der Waals surface area contributed by atoms with E-state index in [-0.39, 0.29) is 23.0 Å². The molecule has 1 atom stereocenters. The summed E-state index contributed by atoms with van der Waals surface area (Å²) in [7, 11) is 0. The fourth-order valence-electron chi connectivity index (χ4n) is 1.15. The molecule has 1 aromatic rings. The number of urea groups is 1. The van der Waals surface area contributed by atoms with Gasteiger partial charge in [-0.3, -0.25) is 5.32 Å². The van der Waals surface area contributed by atoms with Crippen molar-refractivity contribution >= 4 is 28.3 Å². The lowest BCUT2D eigenvalue weighted by molar-refractivity contribution is 0.0698. The number of carboxylic acids is 1. The van der Waals surface area contributed by atoms with Gasteiger partial charge in [-0.05, 0) is 17.4 Å². The van der Waals surface area contributed by atoms with Crippen molar-refractivity contribution in [1.82, 2.24) is 5.32 Å². The zero-order valence-electron chi connectivity index (χ0n) is 10.1. The number of thiophene rings is 1. The van der Waals surface area contributed by atoms with Crippen molar-refractivity contribution < 1.29 is 19.8 Å². The molecule has 0 aliphatic rings. The Bertz CT molecular complexity index is 430. The molecule has 0 spiro atoms. The molecule has 0 aromatic carbocycles. The Morgan fingerprint density at radius 1 is 1.44 bits per heavy atom. The number of aliphatic hydroxyl groups excluding tert-OH is 1. The molecule has 6 nitrogen and oxygen atoms in total. The minimum absolute atomic E-state index is 0.0432. The Morgan fingerprint density at radius 2 is 2.11 bits per heavy atom. The van der Waals surface area contributed by atoms with Gasteiger partial charge < -0.3 is 15.5 Å². The molecular formula is C11H16N2O4S. The molecule has 0 saturated carbocycles. The highest BCUT2D eigenvalue weighted by Crippen LogP contribution is 2.22. The predicted molar refractivity (Wildman–Crippen MR) is 69.1 cm³/mol. The van der Waals surface area contributed by atoms with Crippen LogP contribution in [0.2, 0.25) is 0 Å². The number of hydrogen-bond donors (Lipinski definition) is 4. The standard InChI is InChI=1S/C11H16N2O4S/c1-6(2)8(14)5-12-11(17)13-9-7(10(15)16)3-4-18-9/h3-4,6,8,14H,5H2,1-2H3,(H,15,16)(H2,12,13,17). The molecule has 7 heteroatoms. The minimum atomic E-state index is -1.09. The van der Waals surface area contributed by atoms with E-state index in [9.17, 15) is 14.7 Å². The second-order valence-corrected chi connectivity index (χ2v) is 5.03. The molecule has 0 bridgehead atoms. The van der Waals surface area contributed by atoms with Crippen molar-refractivity contribution in [2.24, 2.45) is 5.92 Å². The summed E-state index contributed by atoms with van der Waals surface area (Å²) in [6, 6.07) is 0.894. The van der Waals surface area contributed by atoms with E-state index in [4.69, 9.17) is 5.11 Å². The number of aromatic carboxylic acids is 1. The molecule has 1 unspecified atom stereocenters. The van der Waals surface area contributed by atoms with Gasteiger partial charge in [-0.1, -0.05) is 13.8 Å². The van der Waals surface area contributed by atoms with Crippen LogP contribution in [0.1, 0.15) is 24.2 Å². The highest BCUT2D eigenvalue weighted by Gasteiger charge is 2.15. The topological polar surface area (TPSA) is 98.7 Å². The van der Waals surface area contributed by atoms with Gasteiger partial charge in [0.15, 0.2) is 0 Å². The third-order valence-electron chi connectivity index (χ3n) is 2.36. The summed E-state index contributed by atoms with van der Waals surface area (Å²) >= 11 is 1.13. The Morgan fingerprint density at radius 3 is 2.67 bits per heavy atom. The highest BCUT2D eigenvalue weighted by atomic mass is 32.1. The van der Waals surface area contributed by atoms with E-state index < -0.39 is 18.1 Å². The van der Waals surface area contributed by atoms with Crippen molar-refractivity contribution in [3.05, 3.63) is 17.0 Å². The second-order valence-electron chi connectivity index (χ2n) is 4.11. The number of carboxylic acid groups (broad SMARTS) is 1. The molecule has 4 N–H and O–H groups in total. The lowest BCUT2D eigenvalue weighted by atomic mass is 10.1. The minimum Gasteiger partial charge on any atom is -0.478 e. The van der Waals surface area contributed by atoms with Crippen LogP contribution >= 0.6 is 11.3 Å². The third kappa shape index (κ3) is 4.01. The van der Waals surface area contributed by atoms with Crippen LogP contribution in [0, 0.1) is 5.92 Å². The molecule has 100 valence electrons. The van der Waals surface area contributed by atoms with Gasteiger partial charge >= 0.3 is 12.0 Å². The van der Waals surface area contributed by atoms with E-state index in [1.807, 2.05) is 13.8 Å². The molecule has 18 heavy (non-hydrogen) atoms. The molecule has 0 saturated heterocycles. The lowest BCUT2D eigenvalue weighted by Crippen LogP contribution is -2.37. The number of amides is 2. The predicted octanol–water partition coefficient (Wildman–Crippen LogP) is 1.58. The van der Waals surface area contributed by atoms with Gasteiger partial charge in [-0.15, -0.1) is 11.3 Å². The third-order valence-corrected chi connectivity index (χ3v) is 3.19. The summed E-state index contributed by atoms with van der Waals surface area (Å²) in [5.74, 6) is -1.05. The van der Waals surface area contributed by atoms with Crippen molar-refractivity contribution in [3.8, 4) is 0 Å². The maximum Gasteiger partial charge on any atom is 0.338 e. The van der Waals surface area contributed by atoms with Crippen LogP contribution in [0.3, 0.4) is 0 Å². The smallest absolute Gasteiger partial charge is 0.338 e. The molecule has 1 aromatic heterocycles. The first-order valence-corrected chi connectivity index (χ1v) is 6.33. The lowest BCUT2D eigenvalue weighted by Gasteiger charge is -2.15. The number of aliphatic hydroxyl groups is 1. The normalized spacial score (nSPS) is 12.2. The van der Waals surface area contributed by atoms with E-state index in [1.165, 1.54) is 6.07 Å². The van der Waals surface area contributed by atoms with E-state index >= 15 is 0 Å². The monoisotopic (exact) mass is 272 g/mol. The van der Waals surface area contributed by atoms with E-state index in [1.54, 1.807) is 5.38 Å². The zero-order chi connectivity index (χ0) is 13.7. The molecule has 0 fully saturated rings. The molecule has 0 aliphatic heterocycles. The van der Waals surface area contributed by atoms with Gasteiger partial charge in [0.25, 0.3) is 0 Å². The summed E-state index contributed by atoms with van der Waals surface area (Å²) in [5.41, 5.74) is 0.0551. The number of rotatable bonds is 5. The van der Waals surface area contributed by atoms with Crippen LogP contribution in [0.4, 0.5) is 9.80 Å². The largest absolute Gasteiger partial charge is 0.478 e. The Hall–Kier alpha value is -1.60. The van der Waals surface area contributed by atoms with E-state index in [0.29, 0.717) is 0 Å². The molecule has 1 heterocycles. The van der Waals surface area contributed by atoms with Gasteiger partial charge in [0.05, 0.1) is 11.7 Å². The molecule has 0 aliphatic carbocycles. The van der Waals surface area contributed by atoms with Crippen LogP contribution < -0.4 is 10.6 Å². The number of nitrogens with one attached hydrogen (secondary N) is 2. The summed E-state index contributed by atoms with van der Waals surface area (Å²) in [4.78, 5) is 22.3. The van der Waals surface area contributed by atoms with Crippen molar-refractivity contribution in [2.45, 2.75) is 20.0 Å². The summed E-state index contributed by atoms with van der Waals surface area (Å²) in [5, 5.41) is 25.2. The summed E-state index contributed by atoms with van der Waals surface area (Å²) in [6.45, 7) is 3.80. The van der Waals surface area contributed by atoms with Crippen LogP contribution in [-0.4, -0.2) is 34.9 Å². The maximum atomic E-state index is 11.5. The quantitative estimate of drug-likeness (QED) is 0.654. The van der Waals surface area contributed by atoms with Gasteiger partial charge in [-0.2, -0.15) is 0 Å². The van der Waals surface area contributed by atoms with Crippen LogP contribution in [0.25, 0.3) is 0 Å². The number of carbonyl (C=O) groups excluding carboxylic acids is 1. The molecule has 0 radical (unpaired) electrons. The second kappa shape index (κ2) is 6.36. The first-order chi connectivity index (χ1) is 8.41. The first kappa shape index (κ1) is 14.5. The fraction of sp³-hybridized carbons (Fsp3) is 0.455. The number of hydrogen-bond acceptors (Lipinski definition) is 4. The van der Waals surface area contributed by atoms with Crippen molar-refractivity contribution in [1.29, 1.82) is 0 Å². The Kier molecular flexibility index (Phi) is 5.11. The van der Waals surface area contributed by atoms with E-state index in [2.05, 4.69) is 10.6 Å². The number of carbonyl (C=O) groups is 2. The van der Waals surface area contributed by atoms with Crippen LogP contribution in [0.15, 0.2) is 11.4 Å². The average Bonchev–Trinajstić information content (AvgIpc) is 2.73. The SMILES string of the molecule is CC(C)C(O)CNC(=O)Nc1sccc1C(=O)O. The highest BCUT2D eigenvalue weighted by molar-refractivity contribution is 7.14. The van der Waals surface area contributed by atoms with Gasteiger partial charge in [-0.25, -0.2) is 9.59 Å². The first-order valence-electron chi connectivity index (χ1n) is 5.45. The Labute approximate surface area is 109 Å². The van der Waals surface area contributed by atoms with Gasteiger partial charge in [0.2, 0.25) is 0 Å². The fourth-order valence-corrected chi connectivity index (χ4v) is 1.93. The number of anilines is 1. The maximum absolute atomic E-state index is 11.5. The van der Waals surface area contributed by atoms with E-state index in [0.717, 1.165) is 11.3 Å². The van der Waals surface area contributed by atoms with Crippen LogP contribution in [0.5, 0.6) is 0 Å². The van der Waals surface area contributed by atoms with Gasteiger partial charge in [0.1, 0.15) is 5.00 Å². The average molecular weight is 272 g/mol. The molecule has 1 rings (SSSR count).